The first-order chi connectivity index (χ1) is 6.04. The van der Waals surface area contributed by atoms with Crippen LogP contribution in [0.5, 0.6) is 0 Å². The number of carboxylic acid groups (broad SMARTS) is 1. The molecule has 0 radical (unpaired) electrons. The molecule has 3 nitrogen and oxygen atoms in total. The topological polar surface area (TPSA) is 63.3 Å². The highest BCUT2D eigenvalue weighted by atomic mass is 35.5. The van der Waals surface area contributed by atoms with Crippen LogP contribution in [0.15, 0.2) is 18.2 Å². The van der Waals surface area contributed by atoms with Gasteiger partial charge in [-0.2, -0.15) is 0 Å². The fourth-order valence-electron chi connectivity index (χ4n) is 0.931. The smallest absolute Gasteiger partial charge is 0.325 e. The van der Waals surface area contributed by atoms with Crippen molar-refractivity contribution in [2.45, 2.75) is 6.04 Å². The Hall–Kier alpha value is -0.480. The predicted molar refractivity (Wildman–Crippen MR) is 58.3 cm³/mol. The van der Waals surface area contributed by atoms with Crippen LogP contribution in [0.1, 0.15) is 11.6 Å². The summed E-state index contributed by atoms with van der Waals surface area (Å²) in [5.74, 6) is -1.16. The first-order valence-corrected chi connectivity index (χ1v) is 4.22. The number of hydrogen-bond acceptors (Lipinski definition) is 2. The van der Waals surface area contributed by atoms with Crippen molar-refractivity contribution in [1.82, 2.24) is 0 Å². The maximum atomic E-state index is 10.6. The minimum atomic E-state index is -1.18. The number of aliphatic carboxylic acids is 1. The average Bonchev–Trinajstić information content (AvgIpc) is 2.03. The zero-order valence-electron chi connectivity index (χ0n) is 6.91. The molecule has 1 atom stereocenters. The molecule has 0 aromatic heterocycles. The van der Waals surface area contributed by atoms with E-state index in [9.17, 15) is 4.79 Å². The van der Waals surface area contributed by atoms with Crippen LogP contribution >= 0.6 is 35.6 Å². The zero-order chi connectivity index (χ0) is 10.0. The van der Waals surface area contributed by atoms with E-state index in [0.717, 1.165) is 0 Å². The molecule has 3 N–H and O–H groups in total. The van der Waals surface area contributed by atoms with Gasteiger partial charge >= 0.3 is 5.97 Å². The highest BCUT2D eigenvalue weighted by molar-refractivity contribution is 6.36. The summed E-state index contributed by atoms with van der Waals surface area (Å²) in [6, 6.07) is 3.54. The molecular weight excluding hydrogens is 248 g/mol. The molecule has 0 spiro atoms. The molecule has 1 aromatic rings. The minimum Gasteiger partial charge on any atom is -0.480 e. The number of nitrogens with two attached hydrogens (primary N) is 1. The third-order valence-electron chi connectivity index (χ3n) is 1.58. The Labute approximate surface area is 97.2 Å². The van der Waals surface area contributed by atoms with E-state index in [1.54, 1.807) is 18.2 Å². The first kappa shape index (κ1) is 13.5. The Morgan fingerprint density at radius 3 is 2.14 bits per heavy atom. The van der Waals surface area contributed by atoms with Gasteiger partial charge in [-0.1, -0.05) is 29.3 Å². The quantitative estimate of drug-likeness (QED) is 0.854. The Bertz CT molecular complexity index is 323. The van der Waals surface area contributed by atoms with Crippen molar-refractivity contribution in [2.24, 2.45) is 5.73 Å². The van der Waals surface area contributed by atoms with Crippen LogP contribution < -0.4 is 5.73 Å². The summed E-state index contributed by atoms with van der Waals surface area (Å²) in [7, 11) is 0. The first-order valence-electron chi connectivity index (χ1n) is 3.46. The second-order valence-corrected chi connectivity index (χ2v) is 3.27. The molecule has 78 valence electrons. The van der Waals surface area contributed by atoms with Gasteiger partial charge in [0.05, 0.1) is 0 Å². The molecule has 14 heavy (non-hydrogen) atoms. The van der Waals surface area contributed by atoms with Crippen molar-refractivity contribution < 1.29 is 9.90 Å². The van der Waals surface area contributed by atoms with Crippen molar-refractivity contribution in [1.29, 1.82) is 0 Å². The van der Waals surface area contributed by atoms with Gasteiger partial charge in [0.1, 0.15) is 6.04 Å². The average molecular weight is 257 g/mol. The molecule has 0 bridgehead atoms. The molecule has 1 unspecified atom stereocenters. The molecule has 0 aliphatic carbocycles. The van der Waals surface area contributed by atoms with Crippen LogP contribution in [-0.4, -0.2) is 11.1 Å². The number of hydrogen-bond donors (Lipinski definition) is 2. The van der Waals surface area contributed by atoms with Gasteiger partial charge in [0.15, 0.2) is 0 Å². The number of rotatable bonds is 2. The number of carbonyl (C=O) groups is 1. The number of halogens is 3. The lowest BCUT2D eigenvalue weighted by molar-refractivity contribution is -0.138. The van der Waals surface area contributed by atoms with Crippen LogP contribution in [0.4, 0.5) is 0 Å². The standard InChI is InChI=1S/C8H7Cl2NO2.ClH/c9-4-2-1-3-5(10)6(4)7(11)8(12)13;/h1-3,7H,11H2,(H,12,13);1H. The molecule has 1 aromatic carbocycles. The fourth-order valence-corrected chi connectivity index (χ4v) is 1.56. The van der Waals surface area contributed by atoms with E-state index in [1.165, 1.54) is 0 Å². The fraction of sp³-hybridized carbons (Fsp3) is 0.125. The van der Waals surface area contributed by atoms with E-state index in [4.69, 9.17) is 34.0 Å². The maximum Gasteiger partial charge on any atom is 0.325 e. The molecule has 1 rings (SSSR count). The Balaban J connectivity index is 0.00000169. The van der Waals surface area contributed by atoms with Gasteiger partial charge in [-0.15, -0.1) is 12.4 Å². The second-order valence-electron chi connectivity index (χ2n) is 2.45. The second kappa shape index (κ2) is 5.41. The summed E-state index contributed by atoms with van der Waals surface area (Å²) in [6.07, 6.45) is 0. The van der Waals surface area contributed by atoms with Gasteiger partial charge in [0.25, 0.3) is 0 Å². The van der Waals surface area contributed by atoms with Crippen LogP contribution in [0.3, 0.4) is 0 Å². The largest absolute Gasteiger partial charge is 0.480 e. The molecule has 0 aliphatic heterocycles. The van der Waals surface area contributed by atoms with E-state index < -0.39 is 12.0 Å². The van der Waals surface area contributed by atoms with E-state index in [2.05, 4.69) is 0 Å². The molecular formula is C8H8Cl3NO2. The summed E-state index contributed by atoms with van der Waals surface area (Å²) in [4.78, 5) is 10.6. The van der Waals surface area contributed by atoms with Crippen LogP contribution in [0, 0.1) is 0 Å². The molecule has 0 saturated carbocycles. The summed E-state index contributed by atoms with van der Waals surface area (Å²) in [5, 5.41) is 9.17. The normalized spacial score (nSPS) is 11.6. The minimum absolute atomic E-state index is 0. The summed E-state index contributed by atoms with van der Waals surface area (Å²) in [5.41, 5.74) is 5.62. The lowest BCUT2D eigenvalue weighted by Crippen LogP contribution is -2.21. The lowest BCUT2D eigenvalue weighted by atomic mass is 10.1. The van der Waals surface area contributed by atoms with Crippen molar-refractivity contribution in [3.05, 3.63) is 33.8 Å². The highest BCUT2D eigenvalue weighted by Gasteiger charge is 2.19. The van der Waals surface area contributed by atoms with Crippen molar-refractivity contribution >= 4 is 41.6 Å². The van der Waals surface area contributed by atoms with E-state index in [-0.39, 0.29) is 28.0 Å². The third-order valence-corrected chi connectivity index (χ3v) is 2.24. The third kappa shape index (κ3) is 2.75. The molecule has 0 aliphatic rings. The SMILES string of the molecule is Cl.NC(C(=O)O)c1c(Cl)cccc1Cl. The van der Waals surface area contributed by atoms with Crippen LogP contribution in [-0.2, 0) is 4.79 Å². The number of benzene rings is 1. The van der Waals surface area contributed by atoms with Gasteiger partial charge in [-0.05, 0) is 12.1 Å². The van der Waals surface area contributed by atoms with Gasteiger partial charge < -0.3 is 10.8 Å². The van der Waals surface area contributed by atoms with Crippen LogP contribution in [0.25, 0.3) is 0 Å². The molecule has 0 amide bonds. The Morgan fingerprint density at radius 2 is 1.79 bits per heavy atom. The molecule has 0 fully saturated rings. The van der Waals surface area contributed by atoms with Crippen molar-refractivity contribution in [2.75, 3.05) is 0 Å². The van der Waals surface area contributed by atoms with Gasteiger partial charge in [-0.25, -0.2) is 0 Å². The summed E-state index contributed by atoms with van der Waals surface area (Å²) < 4.78 is 0. The van der Waals surface area contributed by atoms with Crippen LogP contribution in [0.2, 0.25) is 10.0 Å². The molecule has 6 heteroatoms. The van der Waals surface area contributed by atoms with Gasteiger partial charge in [0.2, 0.25) is 0 Å². The predicted octanol–water partition coefficient (Wildman–Crippen LogP) is 2.50. The molecule has 0 saturated heterocycles. The van der Waals surface area contributed by atoms with E-state index >= 15 is 0 Å². The van der Waals surface area contributed by atoms with Crippen molar-refractivity contribution in [3.63, 3.8) is 0 Å². The maximum absolute atomic E-state index is 10.6. The summed E-state index contributed by atoms with van der Waals surface area (Å²) >= 11 is 11.5. The number of carboxylic acids is 1. The van der Waals surface area contributed by atoms with Gasteiger partial charge in [-0.3, -0.25) is 4.79 Å². The monoisotopic (exact) mass is 255 g/mol. The zero-order valence-corrected chi connectivity index (χ0v) is 9.23. The Morgan fingerprint density at radius 1 is 1.36 bits per heavy atom. The van der Waals surface area contributed by atoms with E-state index in [0.29, 0.717) is 0 Å². The highest BCUT2D eigenvalue weighted by Crippen LogP contribution is 2.28. The summed E-state index contributed by atoms with van der Waals surface area (Å²) in [6.45, 7) is 0. The van der Waals surface area contributed by atoms with Crippen molar-refractivity contribution in [3.8, 4) is 0 Å². The van der Waals surface area contributed by atoms with E-state index in [1.807, 2.05) is 0 Å². The lowest BCUT2D eigenvalue weighted by Gasteiger charge is -2.10. The van der Waals surface area contributed by atoms with Gasteiger partial charge in [0, 0.05) is 15.6 Å². The molecule has 0 heterocycles. The Kier molecular flexibility index (Phi) is 5.23.